The molecule has 1 unspecified atom stereocenters. The fourth-order valence-electron chi connectivity index (χ4n) is 3.05. The first-order chi connectivity index (χ1) is 13.8. The van der Waals surface area contributed by atoms with Crippen LogP contribution in [-0.2, 0) is 14.8 Å². The number of ether oxygens (including phenoxy) is 2. The summed E-state index contributed by atoms with van der Waals surface area (Å²) in [6, 6.07) is 9.51. The SMILES string of the molecule is COc1ccc(C)cc1NC(=O)c1ccc(Cl)c(S(=O)(=O)NCC2CCCO2)c1. The van der Waals surface area contributed by atoms with Crippen molar-refractivity contribution in [3.63, 3.8) is 0 Å². The Balaban J connectivity index is 1.80. The number of hydrogen-bond acceptors (Lipinski definition) is 5. The lowest BCUT2D eigenvalue weighted by atomic mass is 10.1. The molecule has 156 valence electrons. The van der Waals surface area contributed by atoms with Gasteiger partial charge in [0.2, 0.25) is 10.0 Å². The summed E-state index contributed by atoms with van der Waals surface area (Å²) in [4.78, 5) is 12.6. The molecule has 0 spiro atoms. The zero-order valence-electron chi connectivity index (χ0n) is 16.2. The zero-order chi connectivity index (χ0) is 21.0. The lowest BCUT2D eigenvalue weighted by molar-refractivity contribution is 0.102. The van der Waals surface area contributed by atoms with Gasteiger partial charge in [-0.05, 0) is 55.7 Å². The van der Waals surface area contributed by atoms with E-state index in [1.807, 2.05) is 13.0 Å². The number of benzene rings is 2. The monoisotopic (exact) mass is 438 g/mol. The van der Waals surface area contributed by atoms with Gasteiger partial charge in [0.25, 0.3) is 5.91 Å². The van der Waals surface area contributed by atoms with Crippen molar-refractivity contribution in [1.29, 1.82) is 0 Å². The van der Waals surface area contributed by atoms with Crippen LogP contribution < -0.4 is 14.8 Å². The molecule has 0 bridgehead atoms. The average molecular weight is 439 g/mol. The molecule has 1 amide bonds. The lowest BCUT2D eigenvalue weighted by Crippen LogP contribution is -2.32. The highest BCUT2D eigenvalue weighted by Gasteiger charge is 2.23. The van der Waals surface area contributed by atoms with Crippen LogP contribution >= 0.6 is 11.6 Å². The van der Waals surface area contributed by atoms with Gasteiger partial charge in [-0.25, -0.2) is 13.1 Å². The van der Waals surface area contributed by atoms with Crippen LogP contribution in [0.5, 0.6) is 5.75 Å². The first-order valence-electron chi connectivity index (χ1n) is 9.17. The van der Waals surface area contributed by atoms with Gasteiger partial charge in [0.15, 0.2) is 0 Å². The van der Waals surface area contributed by atoms with Crippen molar-refractivity contribution in [3.8, 4) is 5.75 Å². The van der Waals surface area contributed by atoms with E-state index in [2.05, 4.69) is 10.0 Å². The van der Waals surface area contributed by atoms with Gasteiger partial charge < -0.3 is 14.8 Å². The fraction of sp³-hybridized carbons (Fsp3) is 0.350. The number of carbonyl (C=O) groups excluding carboxylic acids is 1. The molecule has 1 aliphatic heterocycles. The maximum Gasteiger partial charge on any atom is 0.255 e. The normalized spacial score (nSPS) is 16.6. The molecule has 1 saturated heterocycles. The van der Waals surface area contributed by atoms with Crippen molar-refractivity contribution in [2.24, 2.45) is 0 Å². The maximum absolute atomic E-state index is 12.7. The molecule has 2 N–H and O–H groups in total. The zero-order valence-corrected chi connectivity index (χ0v) is 17.8. The number of nitrogens with one attached hydrogen (secondary N) is 2. The predicted octanol–water partition coefficient (Wildman–Crippen LogP) is 3.37. The summed E-state index contributed by atoms with van der Waals surface area (Å²) < 4.78 is 38.6. The smallest absolute Gasteiger partial charge is 0.255 e. The largest absolute Gasteiger partial charge is 0.495 e. The topological polar surface area (TPSA) is 93.7 Å². The molecule has 29 heavy (non-hydrogen) atoms. The van der Waals surface area contributed by atoms with Crippen molar-refractivity contribution >= 4 is 33.2 Å². The Bertz CT molecular complexity index is 1000. The van der Waals surface area contributed by atoms with Crippen molar-refractivity contribution in [2.75, 3.05) is 25.6 Å². The third-order valence-electron chi connectivity index (χ3n) is 4.61. The summed E-state index contributed by atoms with van der Waals surface area (Å²) >= 11 is 6.11. The van der Waals surface area contributed by atoms with E-state index in [1.165, 1.54) is 25.3 Å². The molecule has 1 heterocycles. The van der Waals surface area contributed by atoms with Gasteiger partial charge in [-0.2, -0.15) is 0 Å². The second-order valence-corrected chi connectivity index (χ2v) is 8.93. The molecule has 3 rings (SSSR count). The molecule has 2 aromatic rings. The highest BCUT2D eigenvalue weighted by molar-refractivity contribution is 7.89. The third kappa shape index (κ3) is 5.27. The number of amides is 1. The number of halogens is 1. The minimum atomic E-state index is -3.89. The van der Waals surface area contributed by atoms with E-state index in [-0.39, 0.29) is 28.1 Å². The van der Waals surface area contributed by atoms with Gasteiger partial charge in [-0.15, -0.1) is 0 Å². The number of anilines is 1. The summed E-state index contributed by atoms with van der Waals surface area (Å²) in [7, 11) is -2.39. The second-order valence-electron chi connectivity index (χ2n) is 6.79. The fourth-order valence-corrected chi connectivity index (χ4v) is 4.64. The number of rotatable bonds is 7. The van der Waals surface area contributed by atoms with E-state index in [0.29, 0.717) is 18.0 Å². The summed E-state index contributed by atoms with van der Waals surface area (Å²) in [5.74, 6) is 0.0325. The summed E-state index contributed by atoms with van der Waals surface area (Å²) in [5.41, 5.74) is 1.60. The third-order valence-corrected chi connectivity index (χ3v) is 6.52. The van der Waals surface area contributed by atoms with E-state index in [1.54, 1.807) is 12.1 Å². The molecule has 1 aliphatic rings. The van der Waals surface area contributed by atoms with E-state index < -0.39 is 15.9 Å². The second kappa shape index (κ2) is 9.13. The van der Waals surface area contributed by atoms with Crippen molar-refractivity contribution in [2.45, 2.75) is 30.8 Å². The minimum Gasteiger partial charge on any atom is -0.495 e. The summed E-state index contributed by atoms with van der Waals surface area (Å²) in [5, 5.41) is 2.79. The van der Waals surface area contributed by atoms with Gasteiger partial charge in [0.1, 0.15) is 10.6 Å². The quantitative estimate of drug-likeness (QED) is 0.691. The molecule has 1 atom stereocenters. The van der Waals surface area contributed by atoms with Crippen molar-refractivity contribution < 1.29 is 22.7 Å². The molecule has 0 aliphatic carbocycles. The van der Waals surface area contributed by atoms with Crippen LogP contribution in [0.3, 0.4) is 0 Å². The van der Waals surface area contributed by atoms with Crippen LogP contribution in [0.1, 0.15) is 28.8 Å². The molecular weight excluding hydrogens is 416 g/mol. The van der Waals surface area contributed by atoms with Crippen LogP contribution in [0.25, 0.3) is 0 Å². The number of aryl methyl sites for hydroxylation is 1. The van der Waals surface area contributed by atoms with Gasteiger partial charge in [-0.3, -0.25) is 4.79 Å². The highest BCUT2D eigenvalue weighted by Crippen LogP contribution is 2.27. The standard InChI is InChI=1S/C20H23ClN2O5S/c1-13-5-8-18(27-2)17(10-13)23-20(24)14-6-7-16(21)19(11-14)29(25,26)22-12-15-4-3-9-28-15/h5-8,10-11,15,22H,3-4,9,12H2,1-2H3,(H,23,24). The van der Waals surface area contributed by atoms with E-state index in [9.17, 15) is 13.2 Å². The van der Waals surface area contributed by atoms with E-state index in [0.717, 1.165) is 18.4 Å². The van der Waals surface area contributed by atoms with Crippen LogP contribution in [0.2, 0.25) is 5.02 Å². The molecular formula is C20H23ClN2O5S. The van der Waals surface area contributed by atoms with E-state index >= 15 is 0 Å². The Kier molecular flexibility index (Phi) is 6.79. The summed E-state index contributed by atoms with van der Waals surface area (Å²) in [6.45, 7) is 2.68. The molecule has 2 aromatic carbocycles. The minimum absolute atomic E-state index is 0.0366. The van der Waals surface area contributed by atoms with Crippen LogP contribution in [-0.4, -0.2) is 40.7 Å². The van der Waals surface area contributed by atoms with Gasteiger partial charge >= 0.3 is 0 Å². The molecule has 1 fully saturated rings. The van der Waals surface area contributed by atoms with Crippen LogP contribution in [0.4, 0.5) is 5.69 Å². The van der Waals surface area contributed by atoms with Crippen LogP contribution in [0, 0.1) is 6.92 Å². The van der Waals surface area contributed by atoms with Crippen molar-refractivity contribution in [3.05, 3.63) is 52.5 Å². The number of carbonyl (C=O) groups is 1. The molecule has 7 nitrogen and oxygen atoms in total. The maximum atomic E-state index is 12.7. The first kappa shape index (κ1) is 21.6. The molecule has 0 radical (unpaired) electrons. The number of methoxy groups -OCH3 is 1. The van der Waals surface area contributed by atoms with Crippen molar-refractivity contribution in [1.82, 2.24) is 4.72 Å². The van der Waals surface area contributed by atoms with Gasteiger partial charge in [0.05, 0.1) is 23.9 Å². The first-order valence-corrected chi connectivity index (χ1v) is 11.0. The molecule has 9 heteroatoms. The van der Waals surface area contributed by atoms with Crippen LogP contribution in [0.15, 0.2) is 41.3 Å². The number of hydrogen-bond donors (Lipinski definition) is 2. The van der Waals surface area contributed by atoms with E-state index in [4.69, 9.17) is 21.1 Å². The Morgan fingerprint density at radius 3 is 2.76 bits per heavy atom. The summed E-state index contributed by atoms with van der Waals surface area (Å²) in [6.07, 6.45) is 1.56. The Morgan fingerprint density at radius 2 is 2.07 bits per heavy atom. The lowest BCUT2D eigenvalue weighted by Gasteiger charge is -2.14. The van der Waals surface area contributed by atoms with Gasteiger partial charge in [-0.1, -0.05) is 17.7 Å². The predicted molar refractivity (Wildman–Crippen MR) is 111 cm³/mol. The number of sulfonamides is 1. The Labute approximate surface area is 175 Å². The highest BCUT2D eigenvalue weighted by atomic mass is 35.5. The Morgan fingerprint density at radius 1 is 1.28 bits per heavy atom. The Hall–Kier alpha value is -2.13. The average Bonchev–Trinajstić information content (AvgIpc) is 3.20. The molecule has 0 aromatic heterocycles. The molecule has 0 saturated carbocycles. The van der Waals surface area contributed by atoms with Gasteiger partial charge in [0, 0.05) is 18.7 Å².